The van der Waals surface area contributed by atoms with Crippen molar-refractivity contribution in [3.63, 3.8) is 0 Å². The molecule has 0 N–H and O–H groups in total. The molecule has 2 aromatic rings. The average molecular weight is 294 g/mol. The monoisotopic (exact) mass is 294 g/mol. The molecular formula is C15H18O4S. The van der Waals surface area contributed by atoms with Crippen molar-refractivity contribution in [2.45, 2.75) is 31.9 Å². The lowest BCUT2D eigenvalue weighted by molar-refractivity contribution is 0.0953. The molecule has 0 saturated carbocycles. The quantitative estimate of drug-likeness (QED) is 0.813. The Kier molecular flexibility index (Phi) is 3.50. The number of fused-ring (bicyclic) bond motifs is 1. The van der Waals surface area contributed by atoms with E-state index in [1.807, 2.05) is 19.1 Å². The molecule has 5 heteroatoms. The zero-order valence-corrected chi connectivity index (χ0v) is 12.9. The maximum atomic E-state index is 12.7. The molecular weight excluding hydrogens is 276 g/mol. The molecule has 0 unspecified atom stereocenters. The Balaban J connectivity index is 2.72. The highest BCUT2D eigenvalue weighted by Crippen LogP contribution is 2.31. The Morgan fingerprint density at radius 2 is 1.85 bits per heavy atom. The van der Waals surface area contributed by atoms with E-state index in [0.29, 0.717) is 28.7 Å². The minimum absolute atomic E-state index is 0.388. The number of rotatable bonds is 4. The number of furan rings is 1. The summed E-state index contributed by atoms with van der Waals surface area (Å²) in [5.74, 6) is 0.120. The van der Waals surface area contributed by atoms with Crippen LogP contribution in [0.1, 0.15) is 36.9 Å². The van der Waals surface area contributed by atoms with Crippen molar-refractivity contribution in [2.75, 3.05) is 6.26 Å². The van der Waals surface area contributed by atoms with Gasteiger partial charge < -0.3 is 4.42 Å². The highest BCUT2D eigenvalue weighted by atomic mass is 32.2. The van der Waals surface area contributed by atoms with Gasteiger partial charge in [0, 0.05) is 18.1 Å². The molecule has 108 valence electrons. The van der Waals surface area contributed by atoms with Crippen molar-refractivity contribution in [2.24, 2.45) is 0 Å². The smallest absolute Gasteiger partial charge is 0.187 e. The van der Waals surface area contributed by atoms with Gasteiger partial charge in [-0.2, -0.15) is 0 Å². The van der Waals surface area contributed by atoms with Crippen LogP contribution in [0.4, 0.5) is 0 Å². The molecule has 0 atom stereocenters. The topological polar surface area (TPSA) is 64.3 Å². The highest BCUT2D eigenvalue weighted by Gasteiger charge is 2.41. The summed E-state index contributed by atoms with van der Waals surface area (Å²) in [4.78, 5) is 12.7. The van der Waals surface area contributed by atoms with Gasteiger partial charge in [0.25, 0.3) is 0 Å². The number of benzene rings is 1. The van der Waals surface area contributed by atoms with Crippen LogP contribution < -0.4 is 0 Å². The molecule has 0 radical (unpaired) electrons. The summed E-state index contributed by atoms with van der Waals surface area (Å²) < 4.78 is 27.9. The second-order valence-corrected chi connectivity index (χ2v) is 7.93. The minimum Gasteiger partial charge on any atom is -0.460 e. The molecule has 1 heterocycles. The van der Waals surface area contributed by atoms with E-state index in [2.05, 4.69) is 0 Å². The first-order valence-electron chi connectivity index (χ1n) is 6.45. The number of hydrogen-bond acceptors (Lipinski definition) is 4. The first-order chi connectivity index (χ1) is 9.20. The van der Waals surface area contributed by atoms with E-state index in [0.717, 1.165) is 6.26 Å². The number of carbonyl (C=O) groups excluding carboxylic acids is 1. The summed E-state index contributed by atoms with van der Waals surface area (Å²) in [6, 6.07) is 7.19. The van der Waals surface area contributed by atoms with Gasteiger partial charge in [-0.05, 0) is 19.9 Å². The zero-order valence-electron chi connectivity index (χ0n) is 12.1. The van der Waals surface area contributed by atoms with E-state index in [1.165, 1.54) is 13.8 Å². The molecule has 0 aliphatic carbocycles. The molecule has 0 aliphatic heterocycles. The van der Waals surface area contributed by atoms with E-state index in [1.54, 1.807) is 12.1 Å². The van der Waals surface area contributed by atoms with Gasteiger partial charge in [-0.15, -0.1) is 0 Å². The van der Waals surface area contributed by atoms with Gasteiger partial charge in [0.05, 0.1) is 5.56 Å². The van der Waals surface area contributed by atoms with Gasteiger partial charge in [-0.1, -0.05) is 25.1 Å². The summed E-state index contributed by atoms with van der Waals surface area (Å²) in [5.41, 5.74) is 0.996. The van der Waals surface area contributed by atoms with Crippen LogP contribution in [0.3, 0.4) is 0 Å². The van der Waals surface area contributed by atoms with Crippen LogP contribution in [0.5, 0.6) is 0 Å². The Bertz CT molecular complexity index is 766. The lowest BCUT2D eigenvalue weighted by atomic mass is 9.96. The Labute approximate surface area is 118 Å². The van der Waals surface area contributed by atoms with Crippen LogP contribution in [-0.4, -0.2) is 25.2 Å². The number of Topliss-reactive ketones (excluding diaryl/α,β-unsaturated/α-hetero) is 1. The van der Waals surface area contributed by atoms with Gasteiger partial charge in [-0.3, -0.25) is 4.79 Å². The fourth-order valence-electron chi connectivity index (χ4n) is 2.06. The largest absolute Gasteiger partial charge is 0.460 e. The van der Waals surface area contributed by atoms with E-state index < -0.39 is 20.4 Å². The van der Waals surface area contributed by atoms with Crippen LogP contribution in [0.15, 0.2) is 28.7 Å². The summed E-state index contributed by atoms with van der Waals surface area (Å²) >= 11 is 0. The van der Waals surface area contributed by atoms with Crippen molar-refractivity contribution in [1.29, 1.82) is 0 Å². The van der Waals surface area contributed by atoms with E-state index in [-0.39, 0.29) is 0 Å². The first-order valence-corrected chi connectivity index (χ1v) is 8.34. The van der Waals surface area contributed by atoms with Crippen molar-refractivity contribution in [3.05, 3.63) is 35.6 Å². The molecule has 0 bridgehead atoms. The predicted molar refractivity (Wildman–Crippen MR) is 78.8 cm³/mol. The normalized spacial score (nSPS) is 12.8. The lowest BCUT2D eigenvalue weighted by Crippen LogP contribution is -2.40. The molecule has 2 rings (SSSR count). The highest BCUT2D eigenvalue weighted by molar-refractivity contribution is 7.92. The number of hydrogen-bond donors (Lipinski definition) is 0. The molecule has 1 aromatic heterocycles. The molecule has 0 aliphatic rings. The third kappa shape index (κ3) is 2.16. The van der Waals surface area contributed by atoms with Crippen LogP contribution in [0.2, 0.25) is 0 Å². The van der Waals surface area contributed by atoms with Gasteiger partial charge in [0.2, 0.25) is 0 Å². The van der Waals surface area contributed by atoms with Crippen LogP contribution in [0.25, 0.3) is 11.0 Å². The molecule has 1 aromatic carbocycles. The lowest BCUT2D eigenvalue weighted by Gasteiger charge is -2.20. The van der Waals surface area contributed by atoms with Gasteiger partial charge in [0.15, 0.2) is 15.6 Å². The van der Waals surface area contributed by atoms with Crippen molar-refractivity contribution < 1.29 is 17.6 Å². The van der Waals surface area contributed by atoms with E-state index in [9.17, 15) is 13.2 Å². The molecule has 0 fully saturated rings. The Hall–Kier alpha value is -1.62. The average Bonchev–Trinajstić information content (AvgIpc) is 2.74. The molecule has 20 heavy (non-hydrogen) atoms. The zero-order chi connectivity index (χ0) is 15.1. The Morgan fingerprint density at radius 1 is 1.25 bits per heavy atom. The number of sulfone groups is 1. The van der Waals surface area contributed by atoms with E-state index >= 15 is 0 Å². The van der Waals surface area contributed by atoms with Gasteiger partial charge in [0.1, 0.15) is 16.1 Å². The van der Waals surface area contributed by atoms with Crippen molar-refractivity contribution in [1.82, 2.24) is 0 Å². The molecule has 0 spiro atoms. The third-order valence-electron chi connectivity index (χ3n) is 3.69. The standard InChI is InChI=1S/C15H18O4S/c1-5-11-13(10-8-6-7-9-12(10)19-11)14(16)15(2,3)20(4,17)18/h6-9H,5H2,1-4H3. The molecule has 4 nitrogen and oxygen atoms in total. The fourth-order valence-corrected chi connectivity index (χ4v) is 2.50. The van der Waals surface area contributed by atoms with Gasteiger partial charge >= 0.3 is 0 Å². The summed E-state index contributed by atoms with van der Waals surface area (Å²) in [7, 11) is -3.51. The minimum atomic E-state index is -3.51. The summed E-state index contributed by atoms with van der Waals surface area (Å²) in [6.45, 7) is 4.75. The fraction of sp³-hybridized carbons (Fsp3) is 0.400. The van der Waals surface area contributed by atoms with Crippen molar-refractivity contribution in [3.8, 4) is 0 Å². The SMILES string of the molecule is CCc1oc2ccccc2c1C(=O)C(C)(C)S(C)(=O)=O. The second kappa shape index (κ2) is 4.74. The van der Waals surface area contributed by atoms with Gasteiger partial charge in [-0.25, -0.2) is 8.42 Å². The van der Waals surface area contributed by atoms with E-state index in [4.69, 9.17) is 4.42 Å². The Morgan fingerprint density at radius 3 is 2.40 bits per heavy atom. The molecule has 0 saturated heterocycles. The van der Waals surface area contributed by atoms with Crippen LogP contribution in [0, 0.1) is 0 Å². The second-order valence-electron chi connectivity index (χ2n) is 5.36. The molecule has 0 amide bonds. The number of aryl methyl sites for hydroxylation is 1. The number of carbonyl (C=O) groups is 1. The predicted octanol–water partition coefficient (Wildman–Crippen LogP) is 3.00. The summed E-state index contributed by atoms with van der Waals surface area (Å²) in [6.07, 6.45) is 1.62. The third-order valence-corrected chi connectivity index (χ3v) is 5.73. The van der Waals surface area contributed by atoms with Crippen LogP contribution in [-0.2, 0) is 16.3 Å². The maximum Gasteiger partial charge on any atom is 0.187 e. The summed E-state index contributed by atoms with van der Waals surface area (Å²) in [5, 5.41) is 0.672. The maximum absolute atomic E-state index is 12.7. The van der Waals surface area contributed by atoms with Crippen LogP contribution >= 0.6 is 0 Å². The number of ketones is 1. The number of para-hydroxylation sites is 1. The van der Waals surface area contributed by atoms with Crippen molar-refractivity contribution >= 4 is 26.6 Å². The first kappa shape index (κ1) is 14.8.